The molecule has 1 aliphatic heterocycles. The summed E-state index contributed by atoms with van der Waals surface area (Å²) in [6, 6.07) is 10.4. The highest BCUT2D eigenvalue weighted by Gasteiger charge is 2.11. The number of para-hydroxylation sites is 1. The normalized spacial score (nSPS) is 17.0. The van der Waals surface area contributed by atoms with Gasteiger partial charge in [-0.15, -0.1) is 0 Å². The molecule has 0 unspecified atom stereocenters. The van der Waals surface area contributed by atoms with Gasteiger partial charge in [0.2, 0.25) is 0 Å². The Bertz CT molecular complexity index is 303. The molecule has 1 aromatic carbocycles. The largest absolute Gasteiger partial charge is 0.330 e. The Morgan fingerprint density at radius 1 is 1.23 bits per heavy atom. The molecule has 0 atom stereocenters. The summed E-state index contributed by atoms with van der Waals surface area (Å²) in [5.74, 6) is 1.14. The number of hydrogen-bond acceptors (Lipinski definition) is 2. The van der Waals surface area contributed by atoms with E-state index in [1.807, 2.05) is 6.07 Å². The topological polar surface area (TPSA) is 15.6 Å². The lowest BCUT2D eigenvalue weighted by molar-refractivity contribution is 0.787. The van der Waals surface area contributed by atoms with Gasteiger partial charge in [-0.1, -0.05) is 18.2 Å². The van der Waals surface area contributed by atoms with E-state index in [0.29, 0.717) is 0 Å². The van der Waals surface area contributed by atoms with Crippen LogP contribution in [0.3, 0.4) is 0 Å². The van der Waals surface area contributed by atoms with Crippen LogP contribution in [0.25, 0.3) is 0 Å². The molecule has 2 nitrogen and oxygen atoms in total. The van der Waals surface area contributed by atoms with Crippen LogP contribution in [0.1, 0.15) is 13.3 Å². The van der Waals surface area contributed by atoms with Crippen molar-refractivity contribution in [1.82, 2.24) is 0 Å². The fourth-order valence-corrected chi connectivity index (χ4v) is 1.64. The molecule has 0 radical (unpaired) electrons. The molecule has 1 aromatic rings. The molecule has 1 aliphatic rings. The number of amidine groups is 1. The summed E-state index contributed by atoms with van der Waals surface area (Å²) in [6.45, 7) is 4.15. The van der Waals surface area contributed by atoms with Crippen molar-refractivity contribution in [2.75, 3.05) is 18.0 Å². The minimum atomic E-state index is 0.981. The number of aliphatic imine (C=N–C) groups is 1. The average molecular weight is 174 g/mol. The number of anilines is 1. The van der Waals surface area contributed by atoms with Gasteiger partial charge in [-0.2, -0.15) is 0 Å². The number of benzene rings is 1. The SMILES string of the molecule is CC1=NCCCN1c1ccccc1. The van der Waals surface area contributed by atoms with Gasteiger partial charge in [-0.25, -0.2) is 0 Å². The second-order valence-electron chi connectivity index (χ2n) is 3.27. The standard InChI is InChI=1S/C11H14N2/c1-10-12-8-5-9-13(10)11-6-3-2-4-7-11/h2-4,6-7H,5,8-9H2,1H3. The molecule has 0 aromatic heterocycles. The molecule has 0 amide bonds. The monoisotopic (exact) mass is 174 g/mol. The van der Waals surface area contributed by atoms with E-state index in [1.165, 1.54) is 5.69 Å². The summed E-state index contributed by atoms with van der Waals surface area (Å²) in [7, 11) is 0. The van der Waals surface area contributed by atoms with Crippen molar-refractivity contribution >= 4 is 11.5 Å². The Morgan fingerprint density at radius 3 is 2.69 bits per heavy atom. The van der Waals surface area contributed by atoms with Crippen molar-refractivity contribution in [2.45, 2.75) is 13.3 Å². The van der Waals surface area contributed by atoms with Crippen LogP contribution in [-0.4, -0.2) is 18.9 Å². The van der Waals surface area contributed by atoms with Gasteiger partial charge in [0.15, 0.2) is 0 Å². The van der Waals surface area contributed by atoms with E-state index in [9.17, 15) is 0 Å². The maximum absolute atomic E-state index is 4.43. The Balaban J connectivity index is 2.26. The van der Waals surface area contributed by atoms with Crippen molar-refractivity contribution in [3.63, 3.8) is 0 Å². The molecule has 0 saturated carbocycles. The molecule has 1 heterocycles. The molecule has 0 fully saturated rings. The molecule has 0 saturated heterocycles. The predicted octanol–water partition coefficient (Wildman–Crippen LogP) is 2.32. The summed E-state index contributed by atoms with van der Waals surface area (Å²) >= 11 is 0. The smallest absolute Gasteiger partial charge is 0.100 e. The number of nitrogens with zero attached hydrogens (tertiary/aromatic N) is 2. The summed E-state index contributed by atoms with van der Waals surface area (Å²) in [5.41, 5.74) is 1.25. The van der Waals surface area contributed by atoms with Gasteiger partial charge in [0.25, 0.3) is 0 Å². The first kappa shape index (κ1) is 8.30. The highest BCUT2D eigenvalue weighted by atomic mass is 15.2. The third kappa shape index (κ3) is 1.72. The van der Waals surface area contributed by atoms with Gasteiger partial charge in [-0.3, -0.25) is 4.99 Å². The van der Waals surface area contributed by atoms with Crippen molar-refractivity contribution in [3.8, 4) is 0 Å². The van der Waals surface area contributed by atoms with Gasteiger partial charge in [-0.05, 0) is 25.5 Å². The van der Waals surface area contributed by atoms with Crippen LogP contribution in [0.4, 0.5) is 5.69 Å². The van der Waals surface area contributed by atoms with Crippen molar-refractivity contribution in [1.29, 1.82) is 0 Å². The summed E-state index contributed by atoms with van der Waals surface area (Å²) < 4.78 is 0. The van der Waals surface area contributed by atoms with Crippen LogP contribution in [0.2, 0.25) is 0 Å². The second-order valence-corrected chi connectivity index (χ2v) is 3.27. The van der Waals surface area contributed by atoms with Crippen LogP contribution in [0.15, 0.2) is 35.3 Å². The third-order valence-electron chi connectivity index (χ3n) is 2.34. The van der Waals surface area contributed by atoms with Crippen molar-refractivity contribution in [2.24, 2.45) is 4.99 Å². The fraction of sp³-hybridized carbons (Fsp3) is 0.364. The van der Waals surface area contributed by atoms with E-state index in [2.05, 4.69) is 41.1 Å². The third-order valence-corrected chi connectivity index (χ3v) is 2.34. The van der Waals surface area contributed by atoms with Crippen LogP contribution in [0.5, 0.6) is 0 Å². The summed E-state index contributed by atoms with van der Waals surface area (Å²) in [4.78, 5) is 6.70. The molecule has 0 spiro atoms. The molecule has 2 rings (SSSR count). The van der Waals surface area contributed by atoms with E-state index in [1.54, 1.807) is 0 Å². The molecule has 0 aliphatic carbocycles. The fourth-order valence-electron chi connectivity index (χ4n) is 1.64. The van der Waals surface area contributed by atoms with Crippen molar-refractivity contribution in [3.05, 3.63) is 30.3 Å². The molecular weight excluding hydrogens is 160 g/mol. The van der Waals surface area contributed by atoms with Crippen LogP contribution in [-0.2, 0) is 0 Å². The first-order valence-electron chi connectivity index (χ1n) is 4.71. The Kier molecular flexibility index (Phi) is 2.30. The summed E-state index contributed by atoms with van der Waals surface area (Å²) in [5, 5.41) is 0. The van der Waals surface area contributed by atoms with E-state index in [4.69, 9.17) is 0 Å². The maximum atomic E-state index is 4.43. The molecule has 0 bridgehead atoms. The zero-order chi connectivity index (χ0) is 9.10. The molecule has 2 heteroatoms. The highest BCUT2D eigenvalue weighted by molar-refractivity contribution is 5.96. The Hall–Kier alpha value is -1.31. The van der Waals surface area contributed by atoms with Gasteiger partial charge < -0.3 is 4.90 Å². The Labute approximate surface area is 78.9 Å². The first-order valence-corrected chi connectivity index (χ1v) is 4.71. The maximum Gasteiger partial charge on any atom is 0.100 e. The van der Waals surface area contributed by atoms with Crippen molar-refractivity contribution < 1.29 is 0 Å². The number of hydrogen-bond donors (Lipinski definition) is 0. The van der Waals surface area contributed by atoms with E-state index < -0.39 is 0 Å². The lowest BCUT2D eigenvalue weighted by atomic mass is 10.2. The van der Waals surface area contributed by atoms with E-state index >= 15 is 0 Å². The second kappa shape index (κ2) is 3.60. The molecule has 68 valence electrons. The minimum absolute atomic E-state index is 0.981. The highest BCUT2D eigenvalue weighted by Crippen LogP contribution is 2.16. The summed E-state index contributed by atoms with van der Waals surface area (Å²) in [6.07, 6.45) is 1.16. The van der Waals surface area contributed by atoms with Gasteiger partial charge in [0.05, 0.1) is 0 Å². The van der Waals surface area contributed by atoms with E-state index in [0.717, 1.165) is 25.3 Å². The van der Waals surface area contributed by atoms with Crippen LogP contribution in [0, 0.1) is 0 Å². The molecular formula is C11H14N2. The van der Waals surface area contributed by atoms with Gasteiger partial charge in [0.1, 0.15) is 5.84 Å². The quantitative estimate of drug-likeness (QED) is 0.638. The zero-order valence-electron chi connectivity index (χ0n) is 7.90. The van der Waals surface area contributed by atoms with Crippen LogP contribution >= 0.6 is 0 Å². The first-order chi connectivity index (χ1) is 6.38. The lowest BCUT2D eigenvalue weighted by Crippen LogP contribution is -2.33. The van der Waals surface area contributed by atoms with Gasteiger partial charge >= 0.3 is 0 Å². The Morgan fingerprint density at radius 2 is 2.00 bits per heavy atom. The molecule has 0 N–H and O–H groups in total. The molecule has 13 heavy (non-hydrogen) atoms. The predicted molar refractivity (Wildman–Crippen MR) is 56.4 cm³/mol. The average Bonchev–Trinajstić information content (AvgIpc) is 2.20. The zero-order valence-corrected chi connectivity index (χ0v) is 7.90. The lowest BCUT2D eigenvalue weighted by Gasteiger charge is -2.27. The number of rotatable bonds is 1. The van der Waals surface area contributed by atoms with Crippen LogP contribution < -0.4 is 4.90 Å². The van der Waals surface area contributed by atoms with E-state index in [-0.39, 0.29) is 0 Å². The minimum Gasteiger partial charge on any atom is -0.330 e. The van der Waals surface area contributed by atoms with Gasteiger partial charge in [0, 0.05) is 18.8 Å².